The maximum Gasteiger partial charge on any atom is 0.0859 e. The van der Waals surface area contributed by atoms with Crippen LogP contribution < -0.4 is 0 Å². The summed E-state index contributed by atoms with van der Waals surface area (Å²) < 4.78 is 2.17. The zero-order valence-corrected chi connectivity index (χ0v) is 14.6. The predicted molar refractivity (Wildman–Crippen MR) is 86.2 cm³/mol. The molecule has 1 aromatic rings. The first-order valence-electron chi connectivity index (χ1n) is 8.61. The Hall–Kier alpha value is -0.860. The van der Waals surface area contributed by atoms with Gasteiger partial charge in [-0.25, -0.2) is 4.68 Å². The van der Waals surface area contributed by atoms with Gasteiger partial charge in [-0.3, -0.25) is 0 Å². The Kier molecular flexibility index (Phi) is 3.46. The summed E-state index contributed by atoms with van der Waals surface area (Å²) in [5.74, 6) is 2.88. The van der Waals surface area contributed by atoms with Crippen molar-refractivity contribution in [2.24, 2.45) is 23.2 Å². The summed E-state index contributed by atoms with van der Waals surface area (Å²) >= 11 is 0. The van der Waals surface area contributed by atoms with Crippen LogP contribution in [0.5, 0.6) is 0 Å². The molecule has 0 N–H and O–H groups in total. The molecule has 3 atom stereocenters. The van der Waals surface area contributed by atoms with Crippen molar-refractivity contribution in [3.63, 3.8) is 0 Å². The monoisotopic (exact) mass is 289 g/mol. The van der Waals surface area contributed by atoms with Gasteiger partial charge in [0.2, 0.25) is 0 Å². The average Bonchev–Trinajstić information content (AvgIpc) is 2.75. The van der Waals surface area contributed by atoms with Crippen molar-refractivity contribution in [2.45, 2.75) is 79.2 Å². The molecule has 1 saturated carbocycles. The van der Waals surface area contributed by atoms with E-state index in [4.69, 9.17) is 0 Å². The van der Waals surface area contributed by atoms with Crippen molar-refractivity contribution >= 4 is 0 Å². The van der Waals surface area contributed by atoms with Crippen LogP contribution in [0.15, 0.2) is 0 Å². The van der Waals surface area contributed by atoms with E-state index in [2.05, 4.69) is 56.5 Å². The molecule has 1 fully saturated rings. The van der Waals surface area contributed by atoms with Gasteiger partial charge in [-0.05, 0) is 76.0 Å². The molecule has 2 aliphatic rings. The van der Waals surface area contributed by atoms with Gasteiger partial charge < -0.3 is 0 Å². The van der Waals surface area contributed by atoms with E-state index in [1.54, 1.807) is 0 Å². The zero-order chi connectivity index (χ0) is 15.4. The Morgan fingerprint density at radius 3 is 2.19 bits per heavy atom. The Bertz CT molecular complexity index is 516. The highest BCUT2D eigenvalue weighted by atomic mass is 15.5. The van der Waals surface area contributed by atoms with Crippen LogP contribution in [0.25, 0.3) is 0 Å². The van der Waals surface area contributed by atoms with Crippen LogP contribution in [0, 0.1) is 23.2 Å². The molecular weight excluding hydrogens is 258 g/mol. The molecule has 2 aliphatic carbocycles. The Balaban J connectivity index is 1.74. The van der Waals surface area contributed by atoms with Crippen molar-refractivity contribution in [1.29, 1.82) is 0 Å². The third kappa shape index (κ3) is 3.02. The second-order valence-electron chi connectivity index (χ2n) is 9.40. The fraction of sp³-hybridized carbons (Fsp3) is 0.889. The van der Waals surface area contributed by atoms with E-state index < -0.39 is 0 Å². The number of rotatable bonds is 1. The fourth-order valence-corrected chi connectivity index (χ4v) is 4.31. The van der Waals surface area contributed by atoms with E-state index >= 15 is 0 Å². The number of aryl methyl sites for hydroxylation is 1. The van der Waals surface area contributed by atoms with Crippen LogP contribution in [-0.4, -0.2) is 15.0 Å². The predicted octanol–water partition coefficient (Wildman–Crippen LogP) is 4.21. The minimum atomic E-state index is 0.0492. The minimum Gasteiger partial charge on any atom is -0.244 e. The van der Waals surface area contributed by atoms with Crippen molar-refractivity contribution < 1.29 is 0 Å². The van der Waals surface area contributed by atoms with E-state index in [0.29, 0.717) is 5.41 Å². The first kappa shape index (κ1) is 15.1. The Morgan fingerprint density at radius 2 is 1.62 bits per heavy atom. The van der Waals surface area contributed by atoms with Gasteiger partial charge in [-0.15, -0.1) is 5.10 Å². The molecular formula is C18H31N3. The number of hydrogen-bond acceptors (Lipinski definition) is 2. The third-order valence-electron chi connectivity index (χ3n) is 5.27. The molecule has 3 rings (SSSR count). The van der Waals surface area contributed by atoms with E-state index in [-0.39, 0.29) is 5.54 Å². The van der Waals surface area contributed by atoms with Gasteiger partial charge in [-0.1, -0.05) is 26.0 Å². The maximum atomic E-state index is 4.49. The van der Waals surface area contributed by atoms with Crippen LogP contribution in [0.3, 0.4) is 0 Å². The van der Waals surface area contributed by atoms with Crippen molar-refractivity contribution in [1.82, 2.24) is 15.0 Å². The molecule has 3 nitrogen and oxygen atoms in total. The molecule has 0 amide bonds. The first-order chi connectivity index (χ1) is 9.67. The van der Waals surface area contributed by atoms with Gasteiger partial charge in [0.25, 0.3) is 0 Å². The highest BCUT2D eigenvalue weighted by Gasteiger charge is 2.50. The highest BCUT2D eigenvalue weighted by molar-refractivity contribution is 5.16. The van der Waals surface area contributed by atoms with Crippen LogP contribution in [0.4, 0.5) is 0 Å². The van der Waals surface area contributed by atoms with Crippen LogP contribution in [0.2, 0.25) is 0 Å². The molecule has 21 heavy (non-hydrogen) atoms. The largest absolute Gasteiger partial charge is 0.244 e. The first-order valence-corrected chi connectivity index (χ1v) is 8.61. The van der Waals surface area contributed by atoms with Crippen LogP contribution in [0.1, 0.15) is 72.2 Å². The standard InChI is InChI=1S/C18H31N3/c1-17(2,3)11-14-12-7-9-15-16(10-8-13(12)14)21(20-19-15)18(4,5)6/h12-14H,7-11H2,1-6H3/t12-,13+,14?/m1/s1. The fourth-order valence-electron chi connectivity index (χ4n) is 4.31. The van der Waals surface area contributed by atoms with Gasteiger partial charge in [0.15, 0.2) is 0 Å². The molecule has 0 spiro atoms. The van der Waals surface area contributed by atoms with Crippen LogP contribution >= 0.6 is 0 Å². The molecule has 0 aromatic carbocycles. The Morgan fingerprint density at radius 1 is 1.00 bits per heavy atom. The summed E-state index contributed by atoms with van der Waals surface area (Å²) in [6, 6.07) is 0. The summed E-state index contributed by atoms with van der Waals surface area (Å²) in [4.78, 5) is 0. The second kappa shape index (κ2) is 4.82. The number of hydrogen-bond donors (Lipinski definition) is 0. The molecule has 1 aromatic heterocycles. The molecule has 1 heterocycles. The zero-order valence-electron chi connectivity index (χ0n) is 14.6. The number of aromatic nitrogens is 3. The van der Waals surface area contributed by atoms with Gasteiger partial charge in [0.1, 0.15) is 0 Å². The molecule has 1 unspecified atom stereocenters. The van der Waals surface area contributed by atoms with Gasteiger partial charge in [0.05, 0.1) is 16.9 Å². The lowest BCUT2D eigenvalue weighted by atomic mass is 9.88. The SMILES string of the molecule is CC(C)(C)CC1[C@H]2CCc3c(nnn3C(C)(C)C)CC[C@@H]12. The second-order valence-corrected chi connectivity index (χ2v) is 9.40. The van der Waals surface area contributed by atoms with Gasteiger partial charge in [-0.2, -0.15) is 0 Å². The van der Waals surface area contributed by atoms with Gasteiger partial charge >= 0.3 is 0 Å². The van der Waals surface area contributed by atoms with E-state index in [1.165, 1.54) is 37.1 Å². The Labute approximate surface area is 129 Å². The lowest BCUT2D eigenvalue weighted by Crippen LogP contribution is -2.26. The average molecular weight is 289 g/mol. The molecule has 118 valence electrons. The molecule has 0 radical (unpaired) electrons. The quantitative estimate of drug-likeness (QED) is 0.775. The number of fused-ring (bicyclic) bond motifs is 2. The highest BCUT2D eigenvalue weighted by Crippen LogP contribution is 2.57. The number of nitrogens with zero attached hydrogens (tertiary/aromatic N) is 3. The summed E-state index contributed by atoms with van der Waals surface area (Å²) in [5, 5.41) is 8.93. The lowest BCUT2D eigenvalue weighted by molar-refractivity contribution is 0.329. The lowest BCUT2D eigenvalue weighted by Gasteiger charge is -2.22. The molecule has 0 bridgehead atoms. The van der Waals surface area contributed by atoms with E-state index in [1.807, 2.05) is 0 Å². The van der Waals surface area contributed by atoms with Crippen molar-refractivity contribution in [3.05, 3.63) is 11.4 Å². The minimum absolute atomic E-state index is 0.0492. The third-order valence-corrected chi connectivity index (χ3v) is 5.27. The van der Waals surface area contributed by atoms with E-state index in [0.717, 1.165) is 24.2 Å². The smallest absolute Gasteiger partial charge is 0.0859 e. The topological polar surface area (TPSA) is 30.7 Å². The van der Waals surface area contributed by atoms with Crippen molar-refractivity contribution in [2.75, 3.05) is 0 Å². The molecule has 0 aliphatic heterocycles. The molecule has 0 saturated heterocycles. The summed E-state index contributed by atoms with van der Waals surface area (Å²) in [5.41, 5.74) is 3.19. The summed E-state index contributed by atoms with van der Waals surface area (Å²) in [6.45, 7) is 13.8. The van der Waals surface area contributed by atoms with Gasteiger partial charge in [0, 0.05) is 0 Å². The maximum absolute atomic E-state index is 4.49. The van der Waals surface area contributed by atoms with E-state index in [9.17, 15) is 0 Å². The van der Waals surface area contributed by atoms with Crippen molar-refractivity contribution in [3.8, 4) is 0 Å². The summed E-state index contributed by atoms with van der Waals surface area (Å²) in [7, 11) is 0. The van der Waals surface area contributed by atoms with Crippen LogP contribution in [-0.2, 0) is 18.4 Å². The summed E-state index contributed by atoms with van der Waals surface area (Å²) in [6.07, 6.45) is 6.34. The molecule has 3 heteroatoms. The normalized spacial score (nSPS) is 29.3.